The third kappa shape index (κ3) is 5.73. The van der Waals surface area contributed by atoms with Gasteiger partial charge in [-0.2, -0.15) is 0 Å². The summed E-state index contributed by atoms with van der Waals surface area (Å²) in [5.74, 6) is 1.46. The van der Waals surface area contributed by atoms with Gasteiger partial charge in [0.1, 0.15) is 12.4 Å². The van der Waals surface area contributed by atoms with Crippen LogP contribution in [-0.4, -0.2) is 31.0 Å². The molecular weight excluding hydrogens is 450 g/mol. The molecule has 0 radical (unpaired) electrons. The Morgan fingerprint density at radius 1 is 0.889 bits per heavy atom. The van der Waals surface area contributed by atoms with Gasteiger partial charge in [0.15, 0.2) is 0 Å². The van der Waals surface area contributed by atoms with Crippen molar-refractivity contribution in [3.8, 4) is 16.9 Å². The summed E-state index contributed by atoms with van der Waals surface area (Å²) in [5.41, 5.74) is 5.58. The van der Waals surface area contributed by atoms with Crippen molar-refractivity contribution in [3.05, 3.63) is 89.5 Å². The fraction of sp³-hybridized carbons (Fsp3) is 0.387. The van der Waals surface area contributed by atoms with E-state index in [0.29, 0.717) is 18.9 Å². The SMILES string of the molecule is O=C(NCCC(O)c1cccc(OCC2CCCCC2)c1)OCC1c2ccccc2-c2ccccc21. The molecule has 2 N–H and O–H groups in total. The van der Waals surface area contributed by atoms with E-state index in [1.54, 1.807) is 0 Å². The number of ether oxygens (including phenoxy) is 2. The summed E-state index contributed by atoms with van der Waals surface area (Å²) in [6.45, 7) is 1.34. The zero-order valence-corrected chi connectivity index (χ0v) is 20.7. The Morgan fingerprint density at radius 3 is 2.31 bits per heavy atom. The number of hydrogen-bond acceptors (Lipinski definition) is 4. The number of hydrogen-bond donors (Lipinski definition) is 2. The molecule has 2 aliphatic rings. The van der Waals surface area contributed by atoms with Gasteiger partial charge in [-0.1, -0.05) is 79.9 Å². The number of nitrogens with one attached hydrogen (secondary N) is 1. The number of aliphatic hydroxyl groups excluding tert-OH is 1. The van der Waals surface area contributed by atoms with Gasteiger partial charge in [-0.15, -0.1) is 0 Å². The quantitative estimate of drug-likeness (QED) is 0.358. The zero-order chi connectivity index (χ0) is 24.7. The van der Waals surface area contributed by atoms with Crippen molar-refractivity contribution in [1.82, 2.24) is 5.32 Å². The largest absolute Gasteiger partial charge is 0.493 e. The minimum absolute atomic E-state index is 0.0325. The highest BCUT2D eigenvalue weighted by Gasteiger charge is 2.29. The van der Waals surface area contributed by atoms with E-state index in [4.69, 9.17) is 9.47 Å². The van der Waals surface area contributed by atoms with E-state index >= 15 is 0 Å². The molecular formula is C31H35NO4. The van der Waals surface area contributed by atoms with Gasteiger partial charge in [-0.3, -0.25) is 0 Å². The second-order valence-electron chi connectivity index (χ2n) is 9.94. The lowest BCUT2D eigenvalue weighted by Gasteiger charge is -2.22. The molecule has 0 heterocycles. The van der Waals surface area contributed by atoms with Gasteiger partial charge in [0.05, 0.1) is 12.7 Å². The molecule has 5 rings (SSSR count). The van der Waals surface area contributed by atoms with Gasteiger partial charge in [0.2, 0.25) is 0 Å². The standard InChI is InChI=1S/C31H35NO4/c33-30(23-11-8-12-24(19-23)35-20-22-9-2-1-3-10-22)17-18-32-31(34)36-21-29-27-15-6-4-13-25(27)26-14-5-7-16-28(26)29/h4-8,11-16,19,22,29-30,33H,1-3,9-10,17-18,20-21H2,(H,32,34). The number of alkyl carbamates (subject to hydrolysis) is 1. The molecule has 5 nitrogen and oxygen atoms in total. The molecule has 3 aromatic carbocycles. The minimum atomic E-state index is -0.683. The van der Waals surface area contributed by atoms with Gasteiger partial charge in [-0.05, 0) is 65.1 Å². The first-order valence-electron chi connectivity index (χ1n) is 13.2. The highest BCUT2D eigenvalue weighted by atomic mass is 16.5. The highest BCUT2D eigenvalue weighted by Crippen LogP contribution is 2.44. The van der Waals surface area contributed by atoms with Crippen molar-refractivity contribution < 1.29 is 19.4 Å². The molecule has 0 aliphatic heterocycles. The summed E-state index contributed by atoms with van der Waals surface area (Å²) in [7, 11) is 0. The topological polar surface area (TPSA) is 67.8 Å². The van der Waals surface area contributed by atoms with Gasteiger partial charge in [0, 0.05) is 12.5 Å². The molecule has 1 atom stereocenters. The zero-order valence-electron chi connectivity index (χ0n) is 20.7. The van der Waals surface area contributed by atoms with E-state index in [2.05, 4.69) is 29.6 Å². The molecule has 0 aromatic heterocycles. The van der Waals surface area contributed by atoms with Crippen LogP contribution in [0.15, 0.2) is 72.8 Å². The Morgan fingerprint density at radius 2 is 1.58 bits per heavy atom. The summed E-state index contributed by atoms with van der Waals surface area (Å²) in [5, 5.41) is 13.4. The second-order valence-corrected chi connectivity index (χ2v) is 9.94. The van der Waals surface area contributed by atoms with E-state index < -0.39 is 12.2 Å². The maximum Gasteiger partial charge on any atom is 0.407 e. The molecule has 0 bridgehead atoms. The van der Waals surface area contributed by atoms with Crippen molar-refractivity contribution in [1.29, 1.82) is 0 Å². The van der Waals surface area contributed by atoms with Crippen LogP contribution in [0.2, 0.25) is 0 Å². The van der Waals surface area contributed by atoms with Crippen LogP contribution < -0.4 is 10.1 Å². The van der Waals surface area contributed by atoms with E-state index in [-0.39, 0.29) is 12.5 Å². The number of amides is 1. The van der Waals surface area contributed by atoms with E-state index in [9.17, 15) is 9.90 Å². The normalized spacial score (nSPS) is 16.1. The third-order valence-electron chi connectivity index (χ3n) is 7.48. The maximum absolute atomic E-state index is 12.4. The van der Waals surface area contributed by atoms with E-state index in [1.165, 1.54) is 54.4 Å². The Bertz CT molecular complexity index is 1120. The molecule has 1 amide bonds. The molecule has 1 fully saturated rings. The van der Waals surface area contributed by atoms with Crippen molar-refractivity contribution in [3.63, 3.8) is 0 Å². The van der Waals surface area contributed by atoms with Crippen LogP contribution in [0.4, 0.5) is 4.79 Å². The van der Waals surface area contributed by atoms with Gasteiger partial charge < -0.3 is 19.9 Å². The van der Waals surface area contributed by atoms with Crippen LogP contribution >= 0.6 is 0 Å². The molecule has 36 heavy (non-hydrogen) atoms. The van der Waals surface area contributed by atoms with Crippen molar-refractivity contribution >= 4 is 6.09 Å². The second kappa shape index (κ2) is 11.6. The lowest BCUT2D eigenvalue weighted by atomic mass is 9.90. The van der Waals surface area contributed by atoms with Crippen LogP contribution in [0.5, 0.6) is 5.75 Å². The molecule has 188 valence electrons. The average Bonchev–Trinajstić information content (AvgIpc) is 3.25. The summed E-state index contributed by atoms with van der Waals surface area (Å²) < 4.78 is 11.6. The van der Waals surface area contributed by atoms with Crippen LogP contribution in [-0.2, 0) is 4.74 Å². The number of fused-ring (bicyclic) bond motifs is 3. The number of benzene rings is 3. The van der Waals surface area contributed by atoms with Crippen LogP contribution in [0, 0.1) is 5.92 Å². The first-order chi connectivity index (χ1) is 17.7. The predicted octanol–water partition coefficient (Wildman–Crippen LogP) is 6.61. The van der Waals surface area contributed by atoms with Crippen LogP contribution in [0.3, 0.4) is 0 Å². The number of carbonyl (C=O) groups is 1. The van der Waals surface area contributed by atoms with Crippen molar-refractivity contribution in [2.75, 3.05) is 19.8 Å². The summed E-state index contributed by atoms with van der Waals surface area (Å²) in [6, 6.07) is 24.2. The average molecular weight is 486 g/mol. The molecule has 2 aliphatic carbocycles. The predicted molar refractivity (Wildman–Crippen MR) is 141 cm³/mol. The first-order valence-corrected chi connectivity index (χ1v) is 13.2. The monoisotopic (exact) mass is 485 g/mol. The fourth-order valence-corrected chi connectivity index (χ4v) is 5.51. The summed E-state index contributed by atoms with van der Waals surface area (Å²) in [6.07, 6.45) is 5.66. The molecule has 0 saturated heterocycles. The molecule has 3 aromatic rings. The maximum atomic E-state index is 12.4. The van der Waals surface area contributed by atoms with Crippen molar-refractivity contribution in [2.45, 2.75) is 50.5 Å². The van der Waals surface area contributed by atoms with E-state index in [0.717, 1.165) is 17.9 Å². The first kappa shape index (κ1) is 24.4. The molecule has 0 spiro atoms. The van der Waals surface area contributed by atoms with Crippen molar-refractivity contribution in [2.24, 2.45) is 5.92 Å². The Labute approximate surface area is 213 Å². The van der Waals surface area contributed by atoms with Gasteiger partial charge in [0.25, 0.3) is 0 Å². The summed E-state index contributed by atoms with van der Waals surface area (Å²) >= 11 is 0. The number of aliphatic hydroxyl groups is 1. The third-order valence-corrected chi connectivity index (χ3v) is 7.48. The van der Waals surface area contributed by atoms with Gasteiger partial charge >= 0.3 is 6.09 Å². The Hall–Kier alpha value is -3.31. The number of carbonyl (C=O) groups excluding carboxylic acids is 1. The van der Waals surface area contributed by atoms with Gasteiger partial charge in [-0.25, -0.2) is 4.79 Å². The highest BCUT2D eigenvalue weighted by molar-refractivity contribution is 5.79. The van der Waals surface area contributed by atoms with Crippen LogP contribution in [0.1, 0.15) is 67.2 Å². The number of rotatable bonds is 9. The lowest BCUT2D eigenvalue weighted by Crippen LogP contribution is -2.28. The van der Waals surface area contributed by atoms with E-state index in [1.807, 2.05) is 48.5 Å². The molecule has 1 saturated carbocycles. The van der Waals surface area contributed by atoms with Crippen LogP contribution in [0.25, 0.3) is 11.1 Å². The molecule has 5 heteroatoms. The minimum Gasteiger partial charge on any atom is -0.493 e. The Balaban J connectivity index is 1.08. The smallest absolute Gasteiger partial charge is 0.407 e. The lowest BCUT2D eigenvalue weighted by molar-refractivity contribution is 0.136. The Kier molecular flexibility index (Phi) is 7.87. The summed E-state index contributed by atoms with van der Waals surface area (Å²) in [4.78, 5) is 12.4. The fourth-order valence-electron chi connectivity index (χ4n) is 5.51. The molecule has 1 unspecified atom stereocenters.